The van der Waals surface area contributed by atoms with E-state index in [0.29, 0.717) is 24.7 Å². The van der Waals surface area contributed by atoms with Crippen molar-refractivity contribution in [3.8, 4) is 11.1 Å². The maximum absolute atomic E-state index is 12.0. The van der Waals surface area contributed by atoms with Crippen LogP contribution < -0.4 is 5.73 Å². The van der Waals surface area contributed by atoms with E-state index >= 15 is 0 Å². The zero-order valence-corrected chi connectivity index (χ0v) is 14.3. The Morgan fingerprint density at radius 1 is 1.13 bits per heavy atom. The molecule has 3 N–H and O–H groups in total. The molecule has 120 valence electrons. The van der Waals surface area contributed by atoms with Gasteiger partial charge in [-0.1, -0.05) is 64.8 Å². The first kappa shape index (κ1) is 17.7. The second-order valence-electron chi connectivity index (χ2n) is 5.25. The number of hydrogen-bond acceptors (Lipinski definition) is 4. The van der Waals surface area contributed by atoms with Gasteiger partial charge >= 0.3 is 13.1 Å². The molecule has 0 aliphatic carbocycles. The number of benzene rings is 2. The molecular weight excluding hydrogens is 357 g/mol. The zero-order chi connectivity index (χ0) is 16.7. The van der Waals surface area contributed by atoms with Gasteiger partial charge in [-0.2, -0.15) is 0 Å². The van der Waals surface area contributed by atoms with Crippen molar-refractivity contribution < 1.29 is 14.5 Å². The molecule has 0 fully saturated rings. The molecule has 0 amide bonds. The van der Waals surface area contributed by atoms with Gasteiger partial charge in [0.25, 0.3) is 0 Å². The molecule has 0 saturated heterocycles. The van der Waals surface area contributed by atoms with Crippen molar-refractivity contribution in [3.05, 3.63) is 60.2 Å². The molecule has 0 saturated carbocycles. The minimum atomic E-state index is -1.11. The molecule has 2 aromatic carbocycles. The van der Waals surface area contributed by atoms with Gasteiger partial charge in [0.1, 0.15) is 0 Å². The largest absolute Gasteiger partial charge is 0.524 e. The molecule has 2 rings (SSSR count). The maximum Gasteiger partial charge on any atom is 0.524 e. The SMILES string of the molecule is NC(Br)CCCB(O)OC(=O)c1ccc(-c2ccccc2)cc1. The third-order valence-electron chi connectivity index (χ3n) is 3.40. The van der Waals surface area contributed by atoms with Crippen molar-refractivity contribution in [3.63, 3.8) is 0 Å². The number of alkyl halides is 1. The van der Waals surface area contributed by atoms with Crippen LogP contribution in [0.3, 0.4) is 0 Å². The predicted octanol–water partition coefficient (Wildman–Crippen LogP) is 3.45. The second-order valence-corrected chi connectivity index (χ2v) is 6.43. The summed E-state index contributed by atoms with van der Waals surface area (Å²) in [5.41, 5.74) is 8.08. The van der Waals surface area contributed by atoms with E-state index in [1.165, 1.54) is 0 Å². The van der Waals surface area contributed by atoms with E-state index in [9.17, 15) is 9.82 Å². The van der Waals surface area contributed by atoms with Crippen molar-refractivity contribution in [2.24, 2.45) is 5.73 Å². The molecule has 0 heterocycles. The summed E-state index contributed by atoms with van der Waals surface area (Å²) >= 11 is 3.23. The van der Waals surface area contributed by atoms with E-state index in [4.69, 9.17) is 10.4 Å². The molecule has 0 bridgehead atoms. The highest BCUT2D eigenvalue weighted by atomic mass is 79.9. The summed E-state index contributed by atoms with van der Waals surface area (Å²) in [6.07, 6.45) is 1.75. The molecule has 6 heteroatoms. The summed E-state index contributed by atoms with van der Waals surface area (Å²) in [6, 6.07) is 17.0. The third kappa shape index (κ3) is 5.82. The van der Waals surface area contributed by atoms with Gasteiger partial charge in [-0.3, -0.25) is 0 Å². The summed E-state index contributed by atoms with van der Waals surface area (Å²) in [5.74, 6) is -0.528. The van der Waals surface area contributed by atoms with E-state index in [2.05, 4.69) is 15.9 Å². The van der Waals surface area contributed by atoms with E-state index in [1.54, 1.807) is 12.1 Å². The van der Waals surface area contributed by atoms with Gasteiger partial charge in [-0.25, -0.2) is 4.79 Å². The molecule has 0 aromatic heterocycles. The van der Waals surface area contributed by atoms with Crippen LogP contribution in [0.1, 0.15) is 23.2 Å². The van der Waals surface area contributed by atoms with Crippen LogP contribution in [0, 0.1) is 0 Å². The van der Waals surface area contributed by atoms with Gasteiger partial charge in [0.05, 0.1) is 10.5 Å². The van der Waals surface area contributed by atoms with Crippen LogP contribution in [-0.2, 0) is 4.65 Å². The quantitative estimate of drug-likeness (QED) is 0.441. The fourth-order valence-corrected chi connectivity index (χ4v) is 2.49. The molecular formula is C17H19BBrNO3. The highest BCUT2D eigenvalue weighted by molar-refractivity contribution is 9.09. The molecule has 4 nitrogen and oxygen atoms in total. The lowest BCUT2D eigenvalue weighted by Crippen LogP contribution is -2.23. The van der Waals surface area contributed by atoms with Crippen molar-refractivity contribution in [1.29, 1.82) is 0 Å². The van der Waals surface area contributed by atoms with Crippen molar-refractivity contribution in [2.45, 2.75) is 24.1 Å². The van der Waals surface area contributed by atoms with E-state index in [0.717, 1.165) is 11.1 Å². The number of carbonyl (C=O) groups excluding carboxylic acids is 1. The number of hydrogen-bond donors (Lipinski definition) is 2. The Labute approximate surface area is 144 Å². The Morgan fingerprint density at radius 3 is 2.35 bits per heavy atom. The maximum atomic E-state index is 12.0. The van der Waals surface area contributed by atoms with Gasteiger partial charge in [0.2, 0.25) is 0 Å². The van der Waals surface area contributed by atoms with Crippen LogP contribution in [0.2, 0.25) is 6.32 Å². The van der Waals surface area contributed by atoms with Gasteiger partial charge in [-0.05, 0) is 36.0 Å². The lowest BCUT2D eigenvalue weighted by Gasteiger charge is -2.09. The lowest BCUT2D eigenvalue weighted by atomic mass is 9.83. The van der Waals surface area contributed by atoms with Crippen molar-refractivity contribution >= 4 is 29.0 Å². The molecule has 2 aromatic rings. The van der Waals surface area contributed by atoms with E-state index in [1.807, 2.05) is 42.5 Å². The fourth-order valence-electron chi connectivity index (χ4n) is 2.17. The summed E-state index contributed by atoms with van der Waals surface area (Å²) in [4.78, 5) is 11.9. The number of rotatable bonds is 7. The molecule has 1 atom stereocenters. The Balaban J connectivity index is 1.90. The summed E-state index contributed by atoms with van der Waals surface area (Å²) in [6.45, 7) is 0. The smallest absolute Gasteiger partial charge is 0.506 e. The van der Waals surface area contributed by atoms with E-state index < -0.39 is 13.1 Å². The van der Waals surface area contributed by atoms with Crippen LogP contribution in [0.4, 0.5) is 0 Å². The van der Waals surface area contributed by atoms with Crippen molar-refractivity contribution in [1.82, 2.24) is 0 Å². The molecule has 0 spiro atoms. The monoisotopic (exact) mass is 375 g/mol. The van der Waals surface area contributed by atoms with Gasteiger partial charge in [0.15, 0.2) is 0 Å². The first-order chi connectivity index (χ1) is 11.1. The topological polar surface area (TPSA) is 72.6 Å². The fraction of sp³-hybridized carbons (Fsp3) is 0.235. The van der Waals surface area contributed by atoms with Gasteiger partial charge in [0, 0.05) is 0 Å². The lowest BCUT2D eigenvalue weighted by molar-refractivity contribution is 0.0701. The average molecular weight is 376 g/mol. The molecule has 23 heavy (non-hydrogen) atoms. The normalized spacial score (nSPS) is 11.8. The average Bonchev–Trinajstić information content (AvgIpc) is 2.55. The van der Waals surface area contributed by atoms with Gasteiger partial charge < -0.3 is 15.4 Å². The van der Waals surface area contributed by atoms with Crippen LogP contribution >= 0.6 is 15.9 Å². The Hall–Kier alpha value is -1.63. The van der Waals surface area contributed by atoms with Crippen LogP contribution in [-0.4, -0.2) is 23.1 Å². The number of carbonyl (C=O) groups is 1. The van der Waals surface area contributed by atoms with Crippen LogP contribution in [0.5, 0.6) is 0 Å². The Kier molecular flexibility index (Phi) is 6.83. The minimum Gasteiger partial charge on any atom is -0.506 e. The minimum absolute atomic E-state index is 0.101. The Bertz CT molecular complexity index is 619. The highest BCUT2D eigenvalue weighted by Gasteiger charge is 2.19. The first-order valence-corrected chi connectivity index (χ1v) is 8.42. The third-order valence-corrected chi connectivity index (χ3v) is 3.86. The van der Waals surface area contributed by atoms with E-state index in [-0.39, 0.29) is 4.95 Å². The number of halogens is 1. The standard InChI is InChI=1S/C17H19BBrNO3/c19-16(20)7-4-12-18(22)23-17(21)15-10-8-14(9-11-15)13-5-2-1-3-6-13/h1-3,5-6,8-11,16,22H,4,7,12,20H2. The summed E-state index contributed by atoms with van der Waals surface area (Å²) < 4.78 is 5.02. The first-order valence-electron chi connectivity index (χ1n) is 7.50. The molecule has 0 radical (unpaired) electrons. The Morgan fingerprint density at radius 2 is 1.74 bits per heavy atom. The molecule has 1 unspecified atom stereocenters. The molecule has 0 aliphatic heterocycles. The predicted molar refractivity (Wildman–Crippen MR) is 96.2 cm³/mol. The zero-order valence-electron chi connectivity index (χ0n) is 12.7. The summed E-state index contributed by atoms with van der Waals surface area (Å²) in [5, 5.41) is 9.73. The van der Waals surface area contributed by atoms with Crippen LogP contribution in [0.15, 0.2) is 54.6 Å². The van der Waals surface area contributed by atoms with Crippen LogP contribution in [0.25, 0.3) is 11.1 Å². The van der Waals surface area contributed by atoms with Crippen molar-refractivity contribution in [2.75, 3.05) is 0 Å². The molecule has 0 aliphatic rings. The number of nitrogens with two attached hydrogens (primary N) is 1. The summed E-state index contributed by atoms with van der Waals surface area (Å²) in [7, 11) is -1.11. The second kappa shape index (κ2) is 8.86. The highest BCUT2D eigenvalue weighted by Crippen LogP contribution is 2.19. The van der Waals surface area contributed by atoms with Gasteiger partial charge in [-0.15, -0.1) is 0 Å².